The number of hydrogen-bond acceptors (Lipinski definition) is 8. The van der Waals surface area contributed by atoms with Crippen LogP contribution >= 0.6 is 35.5 Å². The zero-order valence-corrected chi connectivity index (χ0v) is 26.2. The predicted octanol–water partition coefficient (Wildman–Crippen LogP) is 5.63. The van der Waals surface area contributed by atoms with Gasteiger partial charge in [-0.3, -0.25) is 18.9 Å². The number of fused-ring (bicyclic) bond motifs is 1. The number of thiazole rings is 1. The highest BCUT2D eigenvalue weighted by Gasteiger charge is 2.26. The number of benzene rings is 3. The number of morpholine rings is 1. The molecule has 8 nitrogen and oxygen atoms in total. The molecule has 4 aromatic rings. The van der Waals surface area contributed by atoms with Gasteiger partial charge in [0.1, 0.15) is 0 Å². The lowest BCUT2D eigenvalue weighted by molar-refractivity contribution is 0.0391. The maximum absolute atomic E-state index is 13.9. The second-order valence-corrected chi connectivity index (χ2v) is 13.0. The van der Waals surface area contributed by atoms with Crippen molar-refractivity contribution in [2.24, 2.45) is 0 Å². The molecule has 0 bridgehead atoms. The van der Waals surface area contributed by atoms with Gasteiger partial charge >= 0.3 is 0 Å². The Morgan fingerprint density at radius 1 is 1.05 bits per heavy atom. The third-order valence-electron chi connectivity index (χ3n) is 6.82. The Labute approximate surface area is 255 Å². The fourth-order valence-corrected chi connectivity index (χ4v) is 7.64. The molecule has 0 aliphatic carbocycles. The zero-order valence-electron chi connectivity index (χ0n) is 22.9. The van der Waals surface area contributed by atoms with E-state index in [2.05, 4.69) is 11.0 Å². The van der Waals surface area contributed by atoms with Crippen molar-refractivity contribution in [1.29, 1.82) is 0 Å². The van der Waals surface area contributed by atoms with Crippen molar-refractivity contribution < 1.29 is 17.9 Å². The molecule has 12 heteroatoms. The Hall–Kier alpha value is -2.67. The molecule has 5 rings (SSSR count). The largest absolute Gasteiger partial charge is 0.379 e. The van der Waals surface area contributed by atoms with Gasteiger partial charge in [-0.15, -0.1) is 24.2 Å². The molecule has 0 saturated carbocycles. The van der Waals surface area contributed by atoms with Crippen LogP contribution in [-0.4, -0.2) is 76.4 Å². The van der Waals surface area contributed by atoms with Crippen LogP contribution < -0.4 is 9.21 Å². The van der Waals surface area contributed by atoms with Crippen LogP contribution in [0.3, 0.4) is 0 Å². The molecule has 1 aliphatic heterocycles. The first-order valence-corrected chi connectivity index (χ1v) is 16.6. The molecule has 0 atom stereocenters. The lowest BCUT2D eigenvalue weighted by Crippen LogP contribution is -2.43. The fourth-order valence-electron chi connectivity index (χ4n) is 4.62. The van der Waals surface area contributed by atoms with Crippen molar-refractivity contribution >= 4 is 72.5 Å². The van der Waals surface area contributed by atoms with E-state index in [4.69, 9.17) is 9.72 Å². The Morgan fingerprint density at radius 3 is 2.41 bits per heavy atom. The average Bonchev–Trinajstić information content (AvgIpc) is 3.41. The van der Waals surface area contributed by atoms with Crippen molar-refractivity contribution in [3.8, 4) is 0 Å². The summed E-state index contributed by atoms with van der Waals surface area (Å²) in [7, 11) is -3.79. The number of carbonyl (C=O) groups is 1. The number of para-hydroxylation sites is 1. The first-order valence-electron chi connectivity index (χ1n) is 13.1. The highest BCUT2D eigenvalue weighted by Crippen LogP contribution is 2.32. The van der Waals surface area contributed by atoms with Gasteiger partial charge in [0, 0.05) is 43.2 Å². The van der Waals surface area contributed by atoms with Crippen LogP contribution in [-0.2, 0) is 14.8 Å². The van der Waals surface area contributed by atoms with Gasteiger partial charge in [0.15, 0.2) is 5.13 Å². The van der Waals surface area contributed by atoms with Gasteiger partial charge in [-0.05, 0) is 67.8 Å². The molecular weight excluding hydrogens is 600 g/mol. The summed E-state index contributed by atoms with van der Waals surface area (Å²) in [5, 5.41) is 0.629. The zero-order chi connectivity index (χ0) is 28.1. The number of amides is 1. The number of halogens is 1. The summed E-state index contributed by atoms with van der Waals surface area (Å²) in [6.07, 6.45) is 2.03. The van der Waals surface area contributed by atoms with Crippen molar-refractivity contribution in [2.45, 2.75) is 16.7 Å². The van der Waals surface area contributed by atoms with Gasteiger partial charge in [0.05, 0.1) is 34.0 Å². The molecular formula is C29H33ClN4O4S3. The van der Waals surface area contributed by atoms with Gasteiger partial charge in [0.2, 0.25) is 0 Å². The van der Waals surface area contributed by atoms with Crippen molar-refractivity contribution in [3.05, 3.63) is 78.4 Å². The number of sulfonamides is 1. The van der Waals surface area contributed by atoms with Gasteiger partial charge in [0.25, 0.3) is 15.9 Å². The summed E-state index contributed by atoms with van der Waals surface area (Å²) in [6, 6.07) is 21.3. The Balaban J connectivity index is 0.00000387. The Morgan fingerprint density at radius 2 is 1.76 bits per heavy atom. The highest BCUT2D eigenvalue weighted by molar-refractivity contribution is 7.98. The molecule has 3 aromatic carbocycles. The van der Waals surface area contributed by atoms with Crippen LogP contribution in [0.4, 0.5) is 10.8 Å². The maximum atomic E-state index is 13.9. The molecule has 1 fully saturated rings. The molecule has 1 saturated heterocycles. The van der Waals surface area contributed by atoms with E-state index < -0.39 is 10.0 Å². The molecule has 0 spiro atoms. The molecule has 1 aromatic heterocycles. The van der Waals surface area contributed by atoms with E-state index in [9.17, 15) is 13.2 Å². The lowest BCUT2D eigenvalue weighted by atomic mass is 10.2. The maximum Gasteiger partial charge on any atom is 0.264 e. The topological polar surface area (TPSA) is 83.1 Å². The number of rotatable bonds is 10. The van der Waals surface area contributed by atoms with Gasteiger partial charge in [-0.2, -0.15) is 0 Å². The quantitative estimate of drug-likeness (QED) is 0.210. The van der Waals surface area contributed by atoms with E-state index >= 15 is 0 Å². The van der Waals surface area contributed by atoms with Crippen LogP contribution in [0, 0.1) is 0 Å². The van der Waals surface area contributed by atoms with Crippen molar-refractivity contribution in [2.75, 3.05) is 61.4 Å². The minimum atomic E-state index is -3.79. The predicted molar refractivity (Wildman–Crippen MR) is 171 cm³/mol. The smallest absolute Gasteiger partial charge is 0.264 e. The number of thioether (sulfide) groups is 1. The summed E-state index contributed by atoms with van der Waals surface area (Å²) in [5.41, 5.74) is 1.86. The second kappa shape index (κ2) is 14.0. The molecule has 0 unspecified atom stereocenters. The third kappa shape index (κ3) is 7.04. The van der Waals surface area contributed by atoms with Gasteiger partial charge in [-0.25, -0.2) is 13.4 Å². The molecule has 0 N–H and O–H groups in total. The summed E-state index contributed by atoms with van der Waals surface area (Å²) in [5.74, 6) is -0.211. The minimum Gasteiger partial charge on any atom is -0.379 e. The standard InChI is InChI=1S/C29H32N4O4S3.ClH/c1-3-33(23-7-5-4-6-8-23)40(35,36)25-12-9-22(10-13-25)28(34)32(16-15-31-17-19-37-20-18-31)29-30-26-14-11-24(38-2)21-27(26)39-29;/h4-14,21H,3,15-20H2,1-2H3;1H. The van der Waals surface area contributed by atoms with E-state index in [0.29, 0.717) is 42.7 Å². The summed E-state index contributed by atoms with van der Waals surface area (Å²) in [6.45, 7) is 6.25. The first-order chi connectivity index (χ1) is 19.4. The number of aromatic nitrogens is 1. The van der Waals surface area contributed by atoms with E-state index in [1.54, 1.807) is 47.9 Å². The number of nitrogens with zero attached hydrogens (tertiary/aromatic N) is 4. The van der Waals surface area contributed by atoms with Crippen LogP contribution in [0.1, 0.15) is 17.3 Å². The van der Waals surface area contributed by atoms with Crippen LogP contribution in [0.2, 0.25) is 0 Å². The SMILES string of the molecule is CCN(c1ccccc1)S(=O)(=O)c1ccc(C(=O)N(CCN2CCOCC2)c2nc3ccc(SC)cc3s2)cc1.Cl. The Bertz CT molecular complexity index is 1560. The first kappa shape index (κ1) is 31.3. The second-order valence-electron chi connectivity index (χ2n) is 9.27. The minimum absolute atomic E-state index is 0. The van der Waals surface area contributed by atoms with E-state index in [1.807, 2.05) is 36.6 Å². The summed E-state index contributed by atoms with van der Waals surface area (Å²) >= 11 is 3.16. The molecule has 1 aliphatic rings. The van der Waals surface area contributed by atoms with Crippen LogP contribution in [0.5, 0.6) is 0 Å². The van der Waals surface area contributed by atoms with Gasteiger partial charge < -0.3 is 4.74 Å². The summed E-state index contributed by atoms with van der Waals surface area (Å²) in [4.78, 5) is 23.9. The highest BCUT2D eigenvalue weighted by atomic mass is 35.5. The van der Waals surface area contributed by atoms with E-state index in [1.165, 1.54) is 27.8 Å². The van der Waals surface area contributed by atoms with Crippen molar-refractivity contribution in [1.82, 2.24) is 9.88 Å². The number of anilines is 2. The number of carbonyl (C=O) groups excluding carboxylic acids is 1. The van der Waals surface area contributed by atoms with Crippen LogP contribution in [0.25, 0.3) is 10.2 Å². The Kier molecular flexibility index (Phi) is 10.7. The monoisotopic (exact) mass is 632 g/mol. The average molecular weight is 633 g/mol. The molecule has 0 radical (unpaired) electrons. The van der Waals surface area contributed by atoms with Crippen LogP contribution in [0.15, 0.2) is 82.6 Å². The van der Waals surface area contributed by atoms with Gasteiger partial charge in [-0.1, -0.05) is 29.5 Å². The summed E-state index contributed by atoms with van der Waals surface area (Å²) < 4.78 is 34.7. The van der Waals surface area contributed by atoms with Crippen molar-refractivity contribution in [3.63, 3.8) is 0 Å². The molecule has 41 heavy (non-hydrogen) atoms. The number of hydrogen-bond donors (Lipinski definition) is 0. The fraction of sp³-hybridized carbons (Fsp3) is 0.310. The molecule has 2 heterocycles. The van der Waals surface area contributed by atoms with E-state index in [0.717, 1.165) is 28.2 Å². The lowest BCUT2D eigenvalue weighted by Gasteiger charge is -2.29. The number of ether oxygens (including phenoxy) is 1. The molecule has 218 valence electrons. The van der Waals surface area contributed by atoms with E-state index in [-0.39, 0.29) is 29.8 Å². The normalized spacial score (nSPS) is 14.0. The third-order valence-corrected chi connectivity index (χ3v) is 10.5. The molecule has 1 amide bonds.